The van der Waals surface area contributed by atoms with E-state index >= 15 is 0 Å². The highest BCUT2D eigenvalue weighted by Crippen LogP contribution is 2.33. The molecular formula is C19H26N6O. The van der Waals surface area contributed by atoms with Crippen molar-refractivity contribution in [3.05, 3.63) is 35.9 Å². The number of nitrogens with two attached hydrogens (primary N) is 1. The number of fused-ring (bicyclic) bond motifs is 1. The topological polar surface area (TPSA) is 94.8 Å². The van der Waals surface area contributed by atoms with Crippen LogP contribution in [0, 0.1) is 6.92 Å². The number of aliphatic hydroxyl groups excluding tert-OH is 1. The molecule has 0 aliphatic heterocycles. The lowest BCUT2D eigenvalue weighted by molar-refractivity contribution is 0.0988. The normalized spacial score (nSPS) is 23.6. The highest BCUT2D eigenvalue weighted by atomic mass is 16.3. The summed E-state index contributed by atoms with van der Waals surface area (Å²) in [5.41, 5.74) is 8.19. The lowest BCUT2D eigenvalue weighted by Gasteiger charge is -2.30. The molecule has 4 rings (SSSR count). The maximum Gasteiger partial charge on any atom is 0.233 e. The number of aryl methyl sites for hydroxylation is 2. The molecule has 1 saturated carbocycles. The van der Waals surface area contributed by atoms with Gasteiger partial charge < -0.3 is 15.4 Å². The molecule has 0 saturated heterocycles. The average molecular weight is 354 g/mol. The number of rotatable bonds is 4. The summed E-state index contributed by atoms with van der Waals surface area (Å²) in [4.78, 5) is 9.55. The maximum atomic E-state index is 9.96. The molecule has 0 spiro atoms. The molecule has 0 bridgehead atoms. The lowest BCUT2D eigenvalue weighted by Crippen LogP contribution is -2.40. The standard InChI is InChI=1S/C19H26N6O/c1-3-10-24-16-7-5-4-6-15(16)22-19(24)25-18(21-12(2)23-25)13-8-9-17(26)14(20)11-13/h4-7,13-14,17,26H,3,8-11,20H2,1-2H3/t13-,14+,17+/m0/s1. The van der Waals surface area contributed by atoms with Gasteiger partial charge in [0.2, 0.25) is 5.95 Å². The average Bonchev–Trinajstić information content (AvgIpc) is 3.19. The Morgan fingerprint density at radius 3 is 2.81 bits per heavy atom. The van der Waals surface area contributed by atoms with Gasteiger partial charge >= 0.3 is 0 Å². The third kappa shape index (κ3) is 2.91. The zero-order valence-electron chi connectivity index (χ0n) is 15.3. The van der Waals surface area contributed by atoms with Crippen LogP contribution < -0.4 is 5.73 Å². The predicted octanol–water partition coefficient (Wildman–Crippen LogP) is 2.29. The zero-order valence-corrected chi connectivity index (χ0v) is 15.3. The SMILES string of the molecule is CCCn1c(-n2nc(C)nc2[C@H]2CC[C@@H](O)[C@H](N)C2)nc2ccccc21. The monoisotopic (exact) mass is 354 g/mol. The number of para-hydroxylation sites is 2. The summed E-state index contributed by atoms with van der Waals surface area (Å²) in [6.07, 6.45) is 2.86. The Morgan fingerprint density at radius 2 is 2.04 bits per heavy atom. The molecule has 7 nitrogen and oxygen atoms in total. The largest absolute Gasteiger partial charge is 0.392 e. The molecule has 0 radical (unpaired) electrons. The molecule has 2 aromatic heterocycles. The molecule has 138 valence electrons. The van der Waals surface area contributed by atoms with Gasteiger partial charge in [-0.05, 0) is 44.7 Å². The van der Waals surface area contributed by atoms with Crippen molar-refractivity contribution in [2.24, 2.45) is 5.73 Å². The molecule has 26 heavy (non-hydrogen) atoms. The minimum Gasteiger partial charge on any atom is -0.392 e. The number of aromatic nitrogens is 5. The summed E-state index contributed by atoms with van der Waals surface area (Å²) >= 11 is 0. The molecular weight excluding hydrogens is 328 g/mol. The molecule has 1 aliphatic rings. The second-order valence-corrected chi connectivity index (χ2v) is 7.22. The summed E-state index contributed by atoms with van der Waals surface area (Å²) in [5, 5.41) is 14.6. The van der Waals surface area contributed by atoms with Gasteiger partial charge in [0.1, 0.15) is 11.6 Å². The molecule has 1 aliphatic carbocycles. The van der Waals surface area contributed by atoms with Crippen molar-refractivity contribution in [1.29, 1.82) is 0 Å². The molecule has 3 atom stereocenters. The Bertz CT molecular complexity index is 914. The van der Waals surface area contributed by atoms with Crippen LogP contribution in [0.15, 0.2) is 24.3 Å². The van der Waals surface area contributed by atoms with E-state index in [1.807, 2.05) is 29.8 Å². The fourth-order valence-electron chi connectivity index (χ4n) is 3.94. The van der Waals surface area contributed by atoms with E-state index in [4.69, 9.17) is 15.7 Å². The Hall–Kier alpha value is -2.25. The number of nitrogens with zero attached hydrogens (tertiary/aromatic N) is 5. The van der Waals surface area contributed by atoms with Crippen LogP contribution in [0.3, 0.4) is 0 Å². The molecule has 1 fully saturated rings. The van der Waals surface area contributed by atoms with Crippen LogP contribution in [0.1, 0.15) is 50.2 Å². The summed E-state index contributed by atoms with van der Waals surface area (Å²) in [6, 6.07) is 7.95. The minimum atomic E-state index is -0.423. The van der Waals surface area contributed by atoms with Gasteiger partial charge in [0.25, 0.3) is 0 Å². The van der Waals surface area contributed by atoms with Crippen LogP contribution in [-0.2, 0) is 6.54 Å². The minimum absolute atomic E-state index is 0.185. The number of imidazole rings is 1. The second-order valence-electron chi connectivity index (χ2n) is 7.22. The molecule has 3 aromatic rings. The first kappa shape index (κ1) is 17.2. The third-order valence-corrected chi connectivity index (χ3v) is 5.24. The van der Waals surface area contributed by atoms with Gasteiger partial charge in [0.15, 0.2) is 0 Å². The van der Waals surface area contributed by atoms with Gasteiger partial charge in [-0.25, -0.2) is 9.97 Å². The maximum absolute atomic E-state index is 9.96. The number of hydrogen-bond donors (Lipinski definition) is 2. The summed E-state index contributed by atoms with van der Waals surface area (Å²) in [5.74, 6) is 2.63. The van der Waals surface area contributed by atoms with E-state index in [0.717, 1.165) is 48.0 Å². The van der Waals surface area contributed by atoms with E-state index in [1.54, 1.807) is 0 Å². The summed E-state index contributed by atoms with van der Waals surface area (Å²) in [7, 11) is 0. The molecule has 0 unspecified atom stereocenters. The first-order valence-electron chi connectivity index (χ1n) is 9.41. The summed E-state index contributed by atoms with van der Waals surface area (Å²) in [6.45, 7) is 4.94. The van der Waals surface area contributed by atoms with E-state index < -0.39 is 6.10 Å². The summed E-state index contributed by atoms with van der Waals surface area (Å²) < 4.78 is 4.10. The van der Waals surface area contributed by atoms with Gasteiger partial charge in [-0.3, -0.25) is 0 Å². The quantitative estimate of drug-likeness (QED) is 0.749. The van der Waals surface area contributed by atoms with Crippen LogP contribution in [0.25, 0.3) is 17.0 Å². The van der Waals surface area contributed by atoms with Crippen molar-refractivity contribution in [2.75, 3.05) is 0 Å². The van der Waals surface area contributed by atoms with Crippen LogP contribution >= 0.6 is 0 Å². The van der Waals surface area contributed by atoms with Crippen LogP contribution in [0.4, 0.5) is 0 Å². The Kier molecular flexibility index (Phi) is 4.50. The number of hydrogen-bond acceptors (Lipinski definition) is 5. The fourth-order valence-corrected chi connectivity index (χ4v) is 3.94. The fraction of sp³-hybridized carbons (Fsp3) is 0.526. The van der Waals surface area contributed by atoms with E-state index in [0.29, 0.717) is 12.8 Å². The van der Waals surface area contributed by atoms with Crippen LogP contribution in [0.2, 0.25) is 0 Å². The molecule has 0 amide bonds. The highest BCUT2D eigenvalue weighted by Gasteiger charge is 2.31. The second kappa shape index (κ2) is 6.81. The van der Waals surface area contributed by atoms with Gasteiger partial charge in [-0.2, -0.15) is 4.68 Å². The van der Waals surface area contributed by atoms with Crippen molar-refractivity contribution < 1.29 is 5.11 Å². The van der Waals surface area contributed by atoms with E-state index in [2.05, 4.69) is 22.7 Å². The van der Waals surface area contributed by atoms with Gasteiger partial charge in [0.05, 0.1) is 17.1 Å². The molecule has 7 heteroatoms. The van der Waals surface area contributed by atoms with Crippen molar-refractivity contribution in [3.8, 4) is 5.95 Å². The Labute approximate surface area is 152 Å². The van der Waals surface area contributed by atoms with Gasteiger partial charge in [-0.15, -0.1) is 5.10 Å². The molecule has 2 heterocycles. The van der Waals surface area contributed by atoms with E-state index in [9.17, 15) is 5.11 Å². The van der Waals surface area contributed by atoms with Gasteiger partial charge in [0, 0.05) is 18.5 Å². The van der Waals surface area contributed by atoms with Crippen molar-refractivity contribution in [1.82, 2.24) is 24.3 Å². The Balaban J connectivity index is 1.82. The van der Waals surface area contributed by atoms with Gasteiger partial charge in [-0.1, -0.05) is 19.1 Å². The van der Waals surface area contributed by atoms with Crippen molar-refractivity contribution in [2.45, 2.75) is 64.1 Å². The third-order valence-electron chi connectivity index (χ3n) is 5.24. The first-order chi connectivity index (χ1) is 12.6. The number of benzene rings is 1. The number of aliphatic hydroxyl groups is 1. The Morgan fingerprint density at radius 1 is 1.23 bits per heavy atom. The smallest absolute Gasteiger partial charge is 0.233 e. The van der Waals surface area contributed by atoms with Crippen molar-refractivity contribution in [3.63, 3.8) is 0 Å². The molecule has 3 N–H and O–H groups in total. The van der Waals surface area contributed by atoms with E-state index in [-0.39, 0.29) is 12.0 Å². The van der Waals surface area contributed by atoms with E-state index in [1.165, 1.54) is 0 Å². The molecule has 1 aromatic carbocycles. The lowest BCUT2D eigenvalue weighted by atomic mass is 9.84. The van der Waals surface area contributed by atoms with Crippen LogP contribution in [0.5, 0.6) is 0 Å². The first-order valence-corrected chi connectivity index (χ1v) is 9.41. The zero-order chi connectivity index (χ0) is 18.3. The van der Waals surface area contributed by atoms with Crippen LogP contribution in [-0.4, -0.2) is 41.6 Å². The predicted molar refractivity (Wildman–Crippen MR) is 100 cm³/mol. The highest BCUT2D eigenvalue weighted by molar-refractivity contribution is 5.77. The van der Waals surface area contributed by atoms with Crippen molar-refractivity contribution >= 4 is 11.0 Å².